The Bertz CT molecular complexity index is 786. The molecule has 0 bridgehead atoms. The van der Waals surface area contributed by atoms with Gasteiger partial charge in [0.05, 0.1) is 60.3 Å². The van der Waals surface area contributed by atoms with Gasteiger partial charge in [-0.25, -0.2) is 0 Å². The van der Waals surface area contributed by atoms with Crippen molar-refractivity contribution in [1.29, 1.82) is 0 Å². The van der Waals surface area contributed by atoms with Crippen LogP contribution in [0.25, 0.3) is 0 Å². The number of esters is 6. The van der Waals surface area contributed by atoms with Gasteiger partial charge in [0.25, 0.3) is 0 Å². The first-order valence-electron chi connectivity index (χ1n) is 14.7. The number of hydrogen-bond donors (Lipinski definition) is 1. The molecule has 46 heavy (non-hydrogen) atoms. The predicted molar refractivity (Wildman–Crippen MR) is 174 cm³/mol. The van der Waals surface area contributed by atoms with Crippen molar-refractivity contribution < 1.29 is 67.0 Å². The van der Waals surface area contributed by atoms with Crippen LogP contribution in [0, 0.1) is 5.41 Å². The lowest BCUT2D eigenvalue weighted by Crippen LogP contribution is -2.37. The van der Waals surface area contributed by atoms with Crippen LogP contribution in [-0.2, 0) is 61.9 Å². The number of methoxy groups -OCH3 is 7. The Labute approximate surface area is 277 Å². The fraction of sp³-hybridized carbons (Fsp3) is 0.812. The minimum absolute atomic E-state index is 0.0451. The van der Waals surface area contributed by atoms with Crippen LogP contribution >= 0.6 is 0 Å². The Kier molecular flexibility index (Phi) is 39.7. The average molecular weight is 673 g/mol. The van der Waals surface area contributed by atoms with Crippen LogP contribution in [0.5, 0.6) is 0 Å². The summed E-state index contributed by atoms with van der Waals surface area (Å²) in [7, 11) is 9.67. The molecule has 0 saturated heterocycles. The molecular weight excluding hydrogens is 608 g/mol. The maximum Gasteiger partial charge on any atom is 0.322 e. The van der Waals surface area contributed by atoms with E-state index in [0.717, 1.165) is 12.8 Å². The van der Waals surface area contributed by atoms with Gasteiger partial charge in [-0.2, -0.15) is 0 Å². The quantitative estimate of drug-likeness (QED) is 0.193. The summed E-state index contributed by atoms with van der Waals surface area (Å²) in [4.78, 5) is 62.5. The SMILES string of the molecule is CCC(=O)OC.CCC(C)(C(=O)OC)C(=O)OC.CCC(C)(C)OC.CCCC(=O)OC.COC(=O)CC(C)(C)O.COC(C)=O. The molecule has 0 aromatic heterocycles. The lowest BCUT2D eigenvalue weighted by Gasteiger charge is -2.21. The number of rotatable bonds is 10. The molecule has 0 aromatic rings. The van der Waals surface area contributed by atoms with E-state index in [4.69, 9.17) is 9.84 Å². The topological polar surface area (TPSA) is 187 Å². The molecule has 0 spiro atoms. The van der Waals surface area contributed by atoms with E-state index in [9.17, 15) is 28.8 Å². The molecule has 0 aliphatic carbocycles. The summed E-state index contributed by atoms with van der Waals surface area (Å²) in [5, 5.41) is 9.02. The van der Waals surface area contributed by atoms with E-state index in [2.05, 4.69) is 49.2 Å². The van der Waals surface area contributed by atoms with E-state index in [0.29, 0.717) is 19.3 Å². The first kappa shape index (κ1) is 55.2. The van der Waals surface area contributed by atoms with Gasteiger partial charge in [0.1, 0.15) is 0 Å². The van der Waals surface area contributed by atoms with Crippen molar-refractivity contribution in [3.8, 4) is 0 Å². The molecule has 0 fully saturated rings. The second-order valence-corrected chi connectivity index (χ2v) is 10.5. The molecule has 1 N–H and O–H groups in total. The lowest BCUT2D eigenvalue weighted by atomic mass is 9.88. The minimum Gasteiger partial charge on any atom is -0.469 e. The van der Waals surface area contributed by atoms with E-state index >= 15 is 0 Å². The van der Waals surface area contributed by atoms with Gasteiger partial charge in [0, 0.05) is 26.9 Å². The third-order valence-corrected chi connectivity index (χ3v) is 5.67. The van der Waals surface area contributed by atoms with Crippen LogP contribution in [0.3, 0.4) is 0 Å². The monoisotopic (exact) mass is 672 g/mol. The van der Waals surface area contributed by atoms with Gasteiger partial charge in [0.2, 0.25) is 0 Å². The number of carbonyl (C=O) groups excluding carboxylic acids is 6. The highest BCUT2D eigenvalue weighted by atomic mass is 16.6. The van der Waals surface area contributed by atoms with Gasteiger partial charge in [-0.05, 0) is 53.9 Å². The normalized spacial score (nSPS) is 9.78. The van der Waals surface area contributed by atoms with Crippen LogP contribution in [0.4, 0.5) is 0 Å². The van der Waals surface area contributed by atoms with E-state index in [-0.39, 0.29) is 35.9 Å². The molecule has 0 aliphatic rings. The van der Waals surface area contributed by atoms with E-state index in [1.54, 1.807) is 34.8 Å². The second kappa shape index (κ2) is 33.1. The second-order valence-electron chi connectivity index (χ2n) is 10.5. The summed E-state index contributed by atoms with van der Waals surface area (Å²) in [6, 6.07) is 0. The maximum absolute atomic E-state index is 11.1. The van der Waals surface area contributed by atoms with Crippen molar-refractivity contribution in [2.45, 2.75) is 119 Å². The van der Waals surface area contributed by atoms with Crippen molar-refractivity contribution in [3.05, 3.63) is 0 Å². The Morgan fingerprint density at radius 3 is 1.02 bits per heavy atom. The van der Waals surface area contributed by atoms with Gasteiger partial charge in [-0.1, -0.05) is 27.7 Å². The van der Waals surface area contributed by atoms with E-state index in [1.807, 2.05) is 6.92 Å². The Morgan fingerprint density at radius 2 is 0.935 bits per heavy atom. The molecule has 0 rings (SSSR count). The smallest absolute Gasteiger partial charge is 0.322 e. The third-order valence-electron chi connectivity index (χ3n) is 5.67. The first-order chi connectivity index (χ1) is 21.0. The Hall–Kier alpha value is -3.26. The molecule has 0 atom stereocenters. The summed E-state index contributed by atoms with van der Waals surface area (Å²) in [6.07, 6.45) is 3.36. The van der Waals surface area contributed by atoms with Crippen molar-refractivity contribution in [3.63, 3.8) is 0 Å². The van der Waals surface area contributed by atoms with Crippen LogP contribution in [-0.4, -0.2) is 102 Å². The summed E-state index contributed by atoms with van der Waals surface area (Å²) in [6.45, 7) is 17.7. The van der Waals surface area contributed by atoms with Gasteiger partial charge in [-0.15, -0.1) is 0 Å². The molecule has 0 heterocycles. The van der Waals surface area contributed by atoms with Crippen molar-refractivity contribution in [1.82, 2.24) is 0 Å². The van der Waals surface area contributed by atoms with Crippen molar-refractivity contribution in [2.75, 3.05) is 49.8 Å². The molecule has 276 valence electrons. The summed E-state index contributed by atoms with van der Waals surface area (Å²) in [5.41, 5.74) is -2.03. The van der Waals surface area contributed by atoms with Crippen molar-refractivity contribution >= 4 is 35.8 Å². The largest absolute Gasteiger partial charge is 0.469 e. The highest BCUT2D eigenvalue weighted by Gasteiger charge is 2.41. The molecular formula is C32H64O14. The summed E-state index contributed by atoms with van der Waals surface area (Å²) in [5.74, 6) is -2.03. The predicted octanol–water partition coefficient (Wildman–Crippen LogP) is 4.60. The Balaban J connectivity index is -0.000000107. The fourth-order valence-electron chi connectivity index (χ4n) is 1.84. The third kappa shape index (κ3) is 40.7. The van der Waals surface area contributed by atoms with Gasteiger partial charge >= 0.3 is 35.8 Å². The fourth-order valence-corrected chi connectivity index (χ4v) is 1.84. The standard InChI is InChI=1S/C8H14O4.C6H12O3.C6H14O.C5H10O2.C4H8O2.C3H6O2/c1-5-8(2,6(9)11-3)7(10)12-4;1-6(2,8)4-5(7)9-3;1-5-6(2,3)7-4;1-3-4-5(6)7-2;1-3-4(5)6-2;1-3(4)5-2/h5H2,1-4H3;8H,4H2,1-3H3;5H2,1-4H3;3-4H2,1-2H3;3H2,1-2H3;1-2H3. The van der Waals surface area contributed by atoms with Crippen LogP contribution in [0.2, 0.25) is 0 Å². The summed E-state index contributed by atoms with van der Waals surface area (Å²) < 4.78 is 31.1. The molecule has 0 saturated carbocycles. The molecule has 0 unspecified atom stereocenters. The molecule has 0 aliphatic heterocycles. The molecule has 0 radical (unpaired) electrons. The van der Waals surface area contributed by atoms with Crippen LogP contribution in [0.1, 0.15) is 108 Å². The van der Waals surface area contributed by atoms with Crippen LogP contribution in [0.15, 0.2) is 0 Å². The summed E-state index contributed by atoms with van der Waals surface area (Å²) >= 11 is 0. The number of ether oxygens (including phenoxy) is 7. The Morgan fingerprint density at radius 1 is 0.565 bits per heavy atom. The number of hydrogen-bond acceptors (Lipinski definition) is 14. The van der Waals surface area contributed by atoms with Gasteiger partial charge in [0.15, 0.2) is 5.41 Å². The highest BCUT2D eigenvalue weighted by molar-refractivity contribution is 5.99. The zero-order chi connectivity index (χ0) is 38.2. The average Bonchev–Trinajstić information content (AvgIpc) is 3.03. The molecule has 14 heteroatoms. The zero-order valence-corrected chi connectivity index (χ0v) is 31.5. The lowest BCUT2D eigenvalue weighted by molar-refractivity contribution is -0.168. The van der Waals surface area contributed by atoms with Crippen molar-refractivity contribution in [2.24, 2.45) is 5.41 Å². The zero-order valence-electron chi connectivity index (χ0n) is 31.5. The highest BCUT2D eigenvalue weighted by Crippen LogP contribution is 2.24. The minimum atomic E-state index is -1.16. The van der Waals surface area contributed by atoms with E-state index in [1.165, 1.54) is 56.5 Å². The molecule has 0 amide bonds. The molecule has 14 nitrogen and oxygen atoms in total. The first-order valence-corrected chi connectivity index (χ1v) is 14.7. The van der Waals surface area contributed by atoms with Gasteiger partial charge < -0.3 is 38.3 Å². The molecule has 0 aromatic carbocycles. The number of aliphatic hydroxyl groups is 1. The number of carbonyl (C=O) groups is 6. The van der Waals surface area contributed by atoms with E-state index < -0.39 is 23.0 Å². The van der Waals surface area contributed by atoms with Crippen LogP contribution < -0.4 is 0 Å². The van der Waals surface area contributed by atoms with Gasteiger partial charge in [-0.3, -0.25) is 28.8 Å². The maximum atomic E-state index is 11.1.